The fraction of sp³-hybridized carbons (Fsp3) is 0.643. The molecule has 1 aromatic rings. The van der Waals surface area contributed by atoms with Crippen molar-refractivity contribution in [1.29, 1.82) is 0 Å². The number of thiazole rings is 1. The van der Waals surface area contributed by atoms with Gasteiger partial charge >= 0.3 is 6.03 Å². The number of aromatic nitrogens is 1. The lowest BCUT2D eigenvalue weighted by Gasteiger charge is -2.30. The highest BCUT2D eigenvalue weighted by atomic mass is 32.1. The number of carbonyl (C=O) groups is 2. The molecule has 1 fully saturated rings. The molecule has 3 amide bonds. The summed E-state index contributed by atoms with van der Waals surface area (Å²) in [6.45, 7) is 3.72. The summed E-state index contributed by atoms with van der Waals surface area (Å²) in [5.74, 6) is -0.107. The third kappa shape index (κ3) is 4.70. The lowest BCUT2D eigenvalue weighted by molar-refractivity contribution is -0.126. The molecule has 21 heavy (non-hydrogen) atoms. The van der Waals surface area contributed by atoms with Crippen LogP contribution in [0.3, 0.4) is 0 Å². The van der Waals surface area contributed by atoms with Crippen LogP contribution in [0.15, 0.2) is 5.38 Å². The van der Waals surface area contributed by atoms with E-state index in [2.05, 4.69) is 10.3 Å². The summed E-state index contributed by atoms with van der Waals surface area (Å²) in [5, 5.41) is 6.09. The van der Waals surface area contributed by atoms with Crippen molar-refractivity contribution < 1.29 is 9.59 Å². The first-order valence-corrected chi connectivity index (χ1v) is 8.17. The van der Waals surface area contributed by atoms with E-state index >= 15 is 0 Å². The summed E-state index contributed by atoms with van der Waals surface area (Å²) in [7, 11) is 0. The average Bonchev–Trinajstić information content (AvgIpc) is 2.89. The van der Waals surface area contributed by atoms with E-state index in [1.165, 1.54) is 0 Å². The number of hydrogen-bond acceptors (Lipinski definition) is 4. The molecule has 1 atom stereocenters. The van der Waals surface area contributed by atoms with Gasteiger partial charge in [-0.1, -0.05) is 0 Å². The number of nitrogens with one attached hydrogen (secondary N) is 1. The second-order valence-electron chi connectivity index (χ2n) is 5.40. The quantitative estimate of drug-likeness (QED) is 0.803. The molecule has 3 N–H and O–H groups in total. The fourth-order valence-electron chi connectivity index (χ4n) is 2.50. The minimum absolute atomic E-state index is 0.0243. The first kappa shape index (κ1) is 15.8. The van der Waals surface area contributed by atoms with E-state index in [9.17, 15) is 9.59 Å². The van der Waals surface area contributed by atoms with Gasteiger partial charge in [-0.25, -0.2) is 9.78 Å². The number of carbonyl (C=O) groups excluding carboxylic acids is 2. The van der Waals surface area contributed by atoms with Gasteiger partial charge in [0.05, 0.1) is 10.9 Å². The van der Waals surface area contributed by atoms with Crippen LogP contribution in [0.2, 0.25) is 0 Å². The van der Waals surface area contributed by atoms with Crippen molar-refractivity contribution >= 4 is 23.3 Å². The molecule has 116 valence electrons. The normalized spacial score (nSPS) is 18.5. The van der Waals surface area contributed by atoms with Crippen LogP contribution < -0.4 is 11.1 Å². The lowest BCUT2D eigenvalue weighted by Crippen LogP contribution is -2.47. The number of aryl methyl sites for hydroxylation is 2. The summed E-state index contributed by atoms with van der Waals surface area (Å²) in [6.07, 6.45) is 3.42. The lowest BCUT2D eigenvalue weighted by atomic mass is 9.97. The van der Waals surface area contributed by atoms with Crippen molar-refractivity contribution in [3.05, 3.63) is 16.1 Å². The van der Waals surface area contributed by atoms with E-state index in [0.717, 1.165) is 36.4 Å². The van der Waals surface area contributed by atoms with E-state index in [1.54, 1.807) is 16.2 Å². The Labute approximate surface area is 128 Å². The molecule has 1 aliphatic rings. The maximum Gasteiger partial charge on any atom is 0.314 e. The van der Waals surface area contributed by atoms with Gasteiger partial charge in [-0.15, -0.1) is 11.3 Å². The van der Waals surface area contributed by atoms with Crippen LogP contribution in [0.1, 0.15) is 30.0 Å². The Kier molecular flexibility index (Phi) is 5.55. The maximum absolute atomic E-state index is 12.1. The molecule has 0 unspecified atom stereocenters. The Bertz CT molecular complexity index is 503. The molecule has 0 aliphatic carbocycles. The van der Waals surface area contributed by atoms with Crippen LogP contribution in [0.5, 0.6) is 0 Å². The SMILES string of the molecule is Cc1csc(CCCNC(=O)[C@H]2CCCN(C(N)=O)C2)n1. The summed E-state index contributed by atoms with van der Waals surface area (Å²) >= 11 is 1.66. The zero-order valence-electron chi connectivity index (χ0n) is 12.3. The molecule has 2 rings (SSSR count). The van der Waals surface area contributed by atoms with Gasteiger partial charge in [0, 0.05) is 37.1 Å². The molecule has 2 heterocycles. The molecule has 0 bridgehead atoms. The first-order chi connectivity index (χ1) is 10.1. The highest BCUT2D eigenvalue weighted by Crippen LogP contribution is 2.16. The van der Waals surface area contributed by atoms with Gasteiger partial charge in [0.25, 0.3) is 0 Å². The summed E-state index contributed by atoms with van der Waals surface area (Å²) in [6, 6.07) is -0.438. The Morgan fingerprint density at radius 2 is 2.38 bits per heavy atom. The van der Waals surface area contributed by atoms with Crippen LogP contribution in [0.4, 0.5) is 4.79 Å². The van der Waals surface area contributed by atoms with Crippen LogP contribution in [0.25, 0.3) is 0 Å². The molecular weight excluding hydrogens is 288 g/mol. The second-order valence-corrected chi connectivity index (χ2v) is 6.34. The van der Waals surface area contributed by atoms with Gasteiger partial charge in [0.15, 0.2) is 0 Å². The molecule has 1 aliphatic heterocycles. The van der Waals surface area contributed by atoms with Crippen LogP contribution in [-0.4, -0.2) is 41.5 Å². The molecule has 1 aromatic heterocycles. The topological polar surface area (TPSA) is 88.3 Å². The molecule has 0 saturated carbocycles. The number of rotatable bonds is 5. The molecule has 0 spiro atoms. The van der Waals surface area contributed by atoms with Crippen LogP contribution in [-0.2, 0) is 11.2 Å². The average molecular weight is 310 g/mol. The number of urea groups is 1. The number of amides is 3. The number of nitrogens with two attached hydrogens (primary N) is 1. The van der Waals surface area contributed by atoms with Crippen molar-refractivity contribution in [2.24, 2.45) is 11.7 Å². The monoisotopic (exact) mass is 310 g/mol. The van der Waals surface area contributed by atoms with Crippen molar-refractivity contribution in [3.8, 4) is 0 Å². The zero-order valence-corrected chi connectivity index (χ0v) is 13.1. The largest absolute Gasteiger partial charge is 0.356 e. The van der Waals surface area contributed by atoms with Gasteiger partial charge in [0.1, 0.15) is 0 Å². The summed E-state index contributed by atoms with van der Waals surface area (Å²) < 4.78 is 0. The Balaban J connectivity index is 1.68. The number of nitrogens with zero attached hydrogens (tertiary/aromatic N) is 2. The standard InChI is InChI=1S/C14H22N4O2S/c1-10-9-21-12(17-10)5-2-6-16-13(19)11-4-3-7-18(8-11)14(15)20/h9,11H,2-8H2,1H3,(H2,15,20)(H,16,19)/t11-/m0/s1. The fourth-order valence-corrected chi connectivity index (χ4v) is 3.32. The molecular formula is C14H22N4O2S. The summed E-state index contributed by atoms with van der Waals surface area (Å²) in [4.78, 5) is 29.2. The molecule has 6 nitrogen and oxygen atoms in total. The van der Waals surface area contributed by atoms with Crippen molar-refractivity contribution in [2.45, 2.75) is 32.6 Å². The van der Waals surface area contributed by atoms with Crippen molar-refractivity contribution in [2.75, 3.05) is 19.6 Å². The molecule has 0 aromatic carbocycles. The third-order valence-corrected chi connectivity index (χ3v) is 4.66. The highest BCUT2D eigenvalue weighted by Gasteiger charge is 2.26. The van der Waals surface area contributed by atoms with Gasteiger partial charge in [-0.3, -0.25) is 4.79 Å². The smallest absolute Gasteiger partial charge is 0.314 e. The number of primary amides is 1. The number of likely N-dealkylation sites (tertiary alicyclic amines) is 1. The Hall–Kier alpha value is -1.63. The molecule has 0 radical (unpaired) electrons. The maximum atomic E-state index is 12.1. The van der Waals surface area contributed by atoms with E-state index < -0.39 is 6.03 Å². The Morgan fingerprint density at radius 3 is 3.05 bits per heavy atom. The van der Waals surface area contributed by atoms with E-state index in [4.69, 9.17) is 5.73 Å². The van der Waals surface area contributed by atoms with E-state index in [0.29, 0.717) is 19.6 Å². The minimum Gasteiger partial charge on any atom is -0.356 e. The van der Waals surface area contributed by atoms with E-state index in [1.807, 2.05) is 12.3 Å². The van der Waals surface area contributed by atoms with Gasteiger partial charge in [-0.05, 0) is 26.2 Å². The van der Waals surface area contributed by atoms with E-state index in [-0.39, 0.29) is 11.8 Å². The molecule has 7 heteroatoms. The summed E-state index contributed by atoms with van der Waals surface area (Å²) in [5.41, 5.74) is 6.32. The highest BCUT2D eigenvalue weighted by molar-refractivity contribution is 7.09. The van der Waals surface area contributed by atoms with Crippen molar-refractivity contribution in [3.63, 3.8) is 0 Å². The van der Waals surface area contributed by atoms with Crippen LogP contribution >= 0.6 is 11.3 Å². The predicted molar refractivity (Wildman–Crippen MR) is 82.1 cm³/mol. The minimum atomic E-state index is -0.438. The third-order valence-electron chi connectivity index (χ3n) is 3.64. The van der Waals surface area contributed by atoms with Gasteiger partial charge < -0.3 is 16.0 Å². The number of hydrogen-bond donors (Lipinski definition) is 2. The van der Waals surface area contributed by atoms with Crippen molar-refractivity contribution in [1.82, 2.24) is 15.2 Å². The molecule has 1 saturated heterocycles. The second kappa shape index (κ2) is 7.40. The first-order valence-electron chi connectivity index (χ1n) is 7.29. The van der Waals surface area contributed by atoms with Crippen LogP contribution in [0, 0.1) is 12.8 Å². The van der Waals surface area contributed by atoms with Gasteiger partial charge in [0.2, 0.25) is 5.91 Å². The number of piperidine rings is 1. The van der Waals surface area contributed by atoms with Gasteiger partial charge in [-0.2, -0.15) is 0 Å². The Morgan fingerprint density at radius 1 is 1.57 bits per heavy atom. The predicted octanol–water partition coefficient (Wildman–Crippen LogP) is 1.29. The zero-order chi connectivity index (χ0) is 15.2.